The van der Waals surface area contributed by atoms with Crippen molar-refractivity contribution in [1.29, 1.82) is 0 Å². The predicted molar refractivity (Wildman–Crippen MR) is 63.0 cm³/mol. The summed E-state index contributed by atoms with van der Waals surface area (Å²) in [6, 6.07) is 0. The van der Waals surface area contributed by atoms with E-state index in [1.54, 1.807) is 0 Å². The van der Waals surface area contributed by atoms with Gasteiger partial charge >= 0.3 is 11.9 Å². The zero-order valence-corrected chi connectivity index (χ0v) is 11.0. The molecule has 0 heterocycles. The molecule has 0 saturated heterocycles. The molecule has 18 heavy (non-hydrogen) atoms. The number of rotatable bonds is 9. The van der Waals surface area contributed by atoms with Crippen LogP contribution in [0.25, 0.3) is 0 Å². The second-order valence-corrected chi connectivity index (χ2v) is 3.64. The van der Waals surface area contributed by atoms with Crippen LogP contribution in [-0.2, 0) is 23.8 Å². The highest BCUT2D eigenvalue weighted by molar-refractivity contribution is 5.74. The van der Waals surface area contributed by atoms with E-state index in [4.69, 9.17) is 4.74 Å². The van der Waals surface area contributed by atoms with E-state index in [9.17, 15) is 14.7 Å². The highest BCUT2D eigenvalue weighted by atomic mass is 16.5. The van der Waals surface area contributed by atoms with Crippen molar-refractivity contribution < 1.29 is 28.9 Å². The number of ether oxygens (including phenoxy) is 3. The molecule has 7 nitrogen and oxygen atoms in total. The van der Waals surface area contributed by atoms with Gasteiger partial charge in [-0.25, -0.2) is 0 Å². The molecule has 0 bridgehead atoms. The first-order valence-electron chi connectivity index (χ1n) is 5.65. The quantitative estimate of drug-likeness (QED) is 0.536. The molecule has 0 saturated carbocycles. The third kappa shape index (κ3) is 7.99. The molecule has 7 heteroatoms. The molecule has 0 aromatic carbocycles. The molecule has 0 rings (SSSR count). The standard InChI is InChI=1S/C11H21NO6/c1-4-18-8-9(13)5-12(6-10(14)16-2)7-11(15)17-3/h9,13H,4-8H2,1-3H3. The minimum Gasteiger partial charge on any atom is -0.468 e. The van der Waals surface area contributed by atoms with Crippen LogP contribution < -0.4 is 0 Å². The van der Waals surface area contributed by atoms with Gasteiger partial charge in [0.15, 0.2) is 0 Å². The van der Waals surface area contributed by atoms with Gasteiger partial charge < -0.3 is 19.3 Å². The minimum absolute atomic E-state index is 0.0885. The molecule has 0 aliphatic carbocycles. The largest absolute Gasteiger partial charge is 0.468 e. The van der Waals surface area contributed by atoms with Crippen molar-refractivity contribution in [1.82, 2.24) is 4.90 Å². The van der Waals surface area contributed by atoms with E-state index >= 15 is 0 Å². The van der Waals surface area contributed by atoms with Crippen LogP contribution >= 0.6 is 0 Å². The second-order valence-electron chi connectivity index (χ2n) is 3.64. The Morgan fingerprint density at radius 2 is 1.67 bits per heavy atom. The number of hydrogen-bond acceptors (Lipinski definition) is 7. The third-order valence-corrected chi connectivity index (χ3v) is 2.14. The molecular formula is C11H21NO6. The number of aliphatic hydroxyl groups excluding tert-OH is 1. The number of aliphatic hydroxyl groups is 1. The van der Waals surface area contributed by atoms with Gasteiger partial charge in [0.2, 0.25) is 0 Å². The predicted octanol–water partition coefficient (Wildman–Crippen LogP) is -0.968. The molecule has 1 unspecified atom stereocenters. The van der Waals surface area contributed by atoms with E-state index < -0.39 is 18.0 Å². The maximum Gasteiger partial charge on any atom is 0.319 e. The molecule has 0 aliphatic rings. The van der Waals surface area contributed by atoms with E-state index in [1.807, 2.05) is 6.92 Å². The first-order valence-corrected chi connectivity index (χ1v) is 5.65. The van der Waals surface area contributed by atoms with E-state index in [-0.39, 0.29) is 26.2 Å². The van der Waals surface area contributed by atoms with Crippen LogP contribution in [0.15, 0.2) is 0 Å². The average Bonchev–Trinajstić information content (AvgIpc) is 2.35. The Morgan fingerprint density at radius 1 is 1.17 bits per heavy atom. The molecule has 1 atom stereocenters. The zero-order valence-electron chi connectivity index (χ0n) is 11.0. The number of carbonyl (C=O) groups is 2. The number of nitrogens with zero attached hydrogens (tertiary/aromatic N) is 1. The monoisotopic (exact) mass is 263 g/mol. The number of methoxy groups -OCH3 is 2. The van der Waals surface area contributed by atoms with Crippen LogP contribution in [0.2, 0.25) is 0 Å². The molecule has 0 aromatic rings. The van der Waals surface area contributed by atoms with Gasteiger partial charge in [0.1, 0.15) is 0 Å². The number of carbonyl (C=O) groups excluding carboxylic acids is 2. The van der Waals surface area contributed by atoms with E-state index in [0.717, 1.165) is 0 Å². The lowest BCUT2D eigenvalue weighted by atomic mass is 10.3. The summed E-state index contributed by atoms with van der Waals surface area (Å²) in [6.07, 6.45) is -0.778. The topological polar surface area (TPSA) is 85.3 Å². The molecule has 1 N–H and O–H groups in total. The maximum atomic E-state index is 11.2. The molecule has 0 aromatic heterocycles. The molecule has 0 aliphatic heterocycles. The second kappa shape index (κ2) is 9.81. The zero-order chi connectivity index (χ0) is 14.0. The van der Waals surface area contributed by atoms with Gasteiger partial charge in [-0.2, -0.15) is 0 Å². The Bertz CT molecular complexity index is 240. The van der Waals surface area contributed by atoms with E-state index in [1.165, 1.54) is 19.1 Å². The number of hydrogen-bond donors (Lipinski definition) is 1. The first kappa shape index (κ1) is 16.8. The lowest BCUT2D eigenvalue weighted by Gasteiger charge is -2.22. The van der Waals surface area contributed by atoms with Crippen molar-refractivity contribution in [2.45, 2.75) is 13.0 Å². The fourth-order valence-corrected chi connectivity index (χ4v) is 1.28. The summed E-state index contributed by atoms with van der Waals surface area (Å²) < 4.78 is 14.1. The van der Waals surface area contributed by atoms with Crippen molar-refractivity contribution in [3.8, 4) is 0 Å². The minimum atomic E-state index is -0.778. The van der Waals surface area contributed by atoms with Gasteiger partial charge in [0.25, 0.3) is 0 Å². The molecule has 0 fully saturated rings. The molecular weight excluding hydrogens is 242 g/mol. The van der Waals surface area contributed by atoms with E-state index in [2.05, 4.69) is 9.47 Å². The van der Waals surface area contributed by atoms with Crippen molar-refractivity contribution in [3.63, 3.8) is 0 Å². The highest BCUT2D eigenvalue weighted by Gasteiger charge is 2.18. The summed E-state index contributed by atoms with van der Waals surface area (Å²) in [5.74, 6) is -0.968. The first-order chi connectivity index (χ1) is 8.53. The Balaban J connectivity index is 4.26. The van der Waals surface area contributed by atoms with Crippen LogP contribution in [0.4, 0.5) is 0 Å². The van der Waals surface area contributed by atoms with Gasteiger partial charge in [-0.15, -0.1) is 0 Å². The SMILES string of the molecule is CCOCC(O)CN(CC(=O)OC)CC(=O)OC. The summed E-state index contributed by atoms with van der Waals surface area (Å²) >= 11 is 0. The summed E-state index contributed by atoms with van der Waals surface area (Å²) in [4.78, 5) is 23.8. The summed E-state index contributed by atoms with van der Waals surface area (Å²) in [6.45, 7) is 2.40. The Morgan fingerprint density at radius 3 is 2.06 bits per heavy atom. The Labute approximate surface area is 107 Å². The fourth-order valence-electron chi connectivity index (χ4n) is 1.28. The van der Waals surface area contributed by atoms with Gasteiger partial charge in [-0.05, 0) is 6.92 Å². The smallest absolute Gasteiger partial charge is 0.319 e. The molecule has 0 radical (unpaired) electrons. The fraction of sp³-hybridized carbons (Fsp3) is 0.818. The van der Waals surface area contributed by atoms with Crippen LogP contribution in [0.5, 0.6) is 0 Å². The van der Waals surface area contributed by atoms with Crippen molar-refractivity contribution in [3.05, 3.63) is 0 Å². The third-order valence-electron chi connectivity index (χ3n) is 2.14. The lowest BCUT2D eigenvalue weighted by Crippen LogP contribution is -2.41. The van der Waals surface area contributed by atoms with Gasteiger partial charge in [-0.3, -0.25) is 14.5 Å². The summed E-state index contributed by atoms with van der Waals surface area (Å²) in [7, 11) is 2.52. The van der Waals surface area contributed by atoms with Crippen molar-refractivity contribution in [2.24, 2.45) is 0 Å². The normalized spacial score (nSPS) is 12.3. The average molecular weight is 263 g/mol. The Kier molecular flexibility index (Phi) is 9.17. The van der Waals surface area contributed by atoms with Crippen LogP contribution in [0.1, 0.15) is 6.92 Å². The van der Waals surface area contributed by atoms with Gasteiger partial charge in [0, 0.05) is 13.2 Å². The van der Waals surface area contributed by atoms with Gasteiger partial charge in [-0.1, -0.05) is 0 Å². The lowest BCUT2D eigenvalue weighted by molar-refractivity contribution is -0.146. The van der Waals surface area contributed by atoms with Gasteiger partial charge in [0.05, 0.1) is 40.0 Å². The molecule has 0 spiro atoms. The van der Waals surface area contributed by atoms with Crippen LogP contribution in [0, 0.1) is 0 Å². The summed E-state index contributed by atoms with van der Waals surface area (Å²) in [5.41, 5.74) is 0. The Hall–Kier alpha value is -1.18. The highest BCUT2D eigenvalue weighted by Crippen LogP contribution is 1.96. The number of esters is 2. The molecule has 0 amide bonds. The van der Waals surface area contributed by atoms with Crippen LogP contribution in [-0.4, -0.2) is 75.1 Å². The van der Waals surface area contributed by atoms with Crippen molar-refractivity contribution in [2.75, 3.05) is 47.1 Å². The van der Waals surface area contributed by atoms with Crippen LogP contribution in [0.3, 0.4) is 0 Å². The maximum absolute atomic E-state index is 11.2. The van der Waals surface area contributed by atoms with E-state index in [0.29, 0.717) is 6.61 Å². The molecule has 106 valence electrons. The van der Waals surface area contributed by atoms with Crippen molar-refractivity contribution >= 4 is 11.9 Å². The summed E-state index contributed by atoms with van der Waals surface area (Å²) in [5, 5.41) is 9.65.